The van der Waals surface area contributed by atoms with Crippen LogP contribution in [0.4, 0.5) is 0 Å². The van der Waals surface area contributed by atoms with E-state index in [1.165, 1.54) is 0 Å². The Labute approximate surface area is 115 Å². The van der Waals surface area contributed by atoms with Crippen LogP contribution in [0.5, 0.6) is 0 Å². The molecule has 1 N–H and O–H groups in total. The Balaban J connectivity index is 1.94. The van der Waals surface area contributed by atoms with Crippen molar-refractivity contribution in [3.63, 3.8) is 0 Å². The number of amides is 1. The van der Waals surface area contributed by atoms with Gasteiger partial charge in [0, 0.05) is 18.5 Å². The number of hydrogen-bond donors (Lipinski definition) is 1. The van der Waals surface area contributed by atoms with Crippen LogP contribution in [0, 0.1) is 11.8 Å². The average molecular weight is 267 g/mol. The van der Waals surface area contributed by atoms with Gasteiger partial charge in [0.25, 0.3) is 0 Å². The van der Waals surface area contributed by atoms with Gasteiger partial charge in [-0.25, -0.2) is 0 Å². The lowest BCUT2D eigenvalue weighted by Crippen LogP contribution is -2.41. The molecule has 4 nitrogen and oxygen atoms in total. The highest BCUT2D eigenvalue weighted by Crippen LogP contribution is 2.34. The quantitative estimate of drug-likeness (QED) is 0.805. The highest BCUT2D eigenvalue weighted by atomic mass is 16.4. The molecule has 0 saturated heterocycles. The molecule has 2 aliphatic rings. The van der Waals surface area contributed by atoms with Gasteiger partial charge in [0.05, 0.1) is 5.92 Å². The van der Waals surface area contributed by atoms with E-state index in [1.807, 2.05) is 4.90 Å². The van der Waals surface area contributed by atoms with Gasteiger partial charge in [-0.05, 0) is 38.5 Å². The van der Waals surface area contributed by atoms with Gasteiger partial charge in [-0.1, -0.05) is 19.8 Å². The summed E-state index contributed by atoms with van der Waals surface area (Å²) in [5.74, 6) is -0.867. The third-order valence-corrected chi connectivity index (χ3v) is 4.40. The van der Waals surface area contributed by atoms with E-state index in [9.17, 15) is 9.59 Å². The van der Waals surface area contributed by atoms with E-state index in [1.54, 1.807) is 0 Å². The number of carboxylic acid groups (broad SMARTS) is 1. The summed E-state index contributed by atoms with van der Waals surface area (Å²) in [5, 5.41) is 9.11. The molecule has 2 unspecified atom stereocenters. The lowest BCUT2D eigenvalue weighted by atomic mass is 9.80. The van der Waals surface area contributed by atoms with Crippen LogP contribution in [0.1, 0.15) is 58.3 Å². The van der Waals surface area contributed by atoms with E-state index >= 15 is 0 Å². The van der Waals surface area contributed by atoms with Crippen LogP contribution < -0.4 is 0 Å². The molecule has 4 heteroatoms. The van der Waals surface area contributed by atoms with Crippen molar-refractivity contribution in [1.82, 2.24) is 4.90 Å². The van der Waals surface area contributed by atoms with Crippen LogP contribution in [0.3, 0.4) is 0 Å². The number of rotatable bonds is 6. The van der Waals surface area contributed by atoms with Crippen molar-refractivity contribution in [2.24, 2.45) is 11.8 Å². The van der Waals surface area contributed by atoms with Crippen LogP contribution in [0.15, 0.2) is 0 Å². The maximum atomic E-state index is 12.6. The topological polar surface area (TPSA) is 57.6 Å². The summed E-state index contributed by atoms with van der Waals surface area (Å²) in [7, 11) is 0. The lowest BCUT2D eigenvalue weighted by molar-refractivity contribution is -0.145. The highest BCUT2D eigenvalue weighted by molar-refractivity contribution is 5.81. The monoisotopic (exact) mass is 267 g/mol. The second-order valence-electron chi connectivity index (χ2n) is 6.02. The average Bonchev–Trinajstić information content (AvgIpc) is 3.23. The van der Waals surface area contributed by atoms with Gasteiger partial charge in [0.1, 0.15) is 0 Å². The van der Waals surface area contributed by atoms with Crippen LogP contribution in [0.25, 0.3) is 0 Å². The summed E-state index contributed by atoms with van der Waals surface area (Å²) in [6, 6.07) is 0.448. The van der Waals surface area contributed by atoms with Crippen LogP contribution in [-0.2, 0) is 9.59 Å². The fourth-order valence-corrected chi connectivity index (χ4v) is 3.06. The third kappa shape index (κ3) is 3.71. The maximum absolute atomic E-state index is 12.6. The first-order valence-corrected chi connectivity index (χ1v) is 7.66. The second kappa shape index (κ2) is 6.40. The third-order valence-electron chi connectivity index (χ3n) is 4.40. The summed E-state index contributed by atoms with van der Waals surface area (Å²) in [6.45, 7) is 2.99. The molecule has 0 aromatic carbocycles. The molecule has 2 rings (SSSR count). The van der Waals surface area contributed by atoms with E-state index in [0.29, 0.717) is 12.5 Å². The molecule has 19 heavy (non-hydrogen) atoms. The van der Waals surface area contributed by atoms with Crippen molar-refractivity contribution < 1.29 is 14.7 Å². The predicted molar refractivity (Wildman–Crippen MR) is 72.7 cm³/mol. The number of unbranched alkanes of at least 4 members (excludes halogenated alkanes) is 1. The van der Waals surface area contributed by atoms with E-state index in [2.05, 4.69) is 6.92 Å². The maximum Gasteiger partial charge on any atom is 0.306 e. The minimum atomic E-state index is -0.732. The van der Waals surface area contributed by atoms with E-state index < -0.39 is 5.97 Å². The summed E-state index contributed by atoms with van der Waals surface area (Å²) in [5.41, 5.74) is 0. The summed E-state index contributed by atoms with van der Waals surface area (Å²) < 4.78 is 0. The van der Waals surface area contributed by atoms with Crippen LogP contribution in [0.2, 0.25) is 0 Å². The Morgan fingerprint density at radius 1 is 1.16 bits per heavy atom. The molecule has 0 bridgehead atoms. The summed E-state index contributed by atoms with van der Waals surface area (Å²) >= 11 is 0. The molecular weight excluding hydrogens is 242 g/mol. The Morgan fingerprint density at radius 3 is 2.42 bits per heavy atom. The molecule has 0 spiro atoms. The van der Waals surface area contributed by atoms with Gasteiger partial charge in [-0.2, -0.15) is 0 Å². The largest absolute Gasteiger partial charge is 0.481 e. The molecule has 0 aromatic rings. The van der Waals surface area contributed by atoms with Crippen molar-refractivity contribution in [2.75, 3.05) is 6.54 Å². The zero-order chi connectivity index (χ0) is 13.8. The number of hydrogen-bond acceptors (Lipinski definition) is 2. The van der Waals surface area contributed by atoms with Crippen LogP contribution in [-0.4, -0.2) is 34.5 Å². The van der Waals surface area contributed by atoms with Gasteiger partial charge >= 0.3 is 5.97 Å². The molecule has 2 fully saturated rings. The Hall–Kier alpha value is -1.06. The predicted octanol–water partition coefficient (Wildman–Crippen LogP) is 2.67. The number of carbonyl (C=O) groups is 2. The Morgan fingerprint density at radius 2 is 1.84 bits per heavy atom. The van der Waals surface area contributed by atoms with Crippen molar-refractivity contribution in [1.29, 1.82) is 0 Å². The fourth-order valence-electron chi connectivity index (χ4n) is 3.06. The number of aliphatic carboxylic acids is 1. The van der Waals surface area contributed by atoms with Crippen molar-refractivity contribution in [3.8, 4) is 0 Å². The summed E-state index contributed by atoms with van der Waals surface area (Å²) in [4.78, 5) is 25.7. The first kappa shape index (κ1) is 14.4. The molecule has 2 saturated carbocycles. The van der Waals surface area contributed by atoms with Crippen molar-refractivity contribution in [3.05, 3.63) is 0 Å². The normalized spacial score (nSPS) is 27.0. The second-order valence-corrected chi connectivity index (χ2v) is 6.02. The highest BCUT2D eigenvalue weighted by Gasteiger charge is 2.38. The molecule has 2 aliphatic carbocycles. The van der Waals surface area contributed by atoms with E-state index in [0.717, 1.165) is 51.5 Å². The standard InChI is InChI=1S/C15H25NO3/c1-2-3-9-16(13-7-8-13)14(17)11-5-4-6-12(10-11)15(18)19/h11-13H,2-10H2,1H3,(H,18,19). The molecule has 0 radical (unpaired) electrons. The Kier molecular flexibility index (Phi) is 4.83. The Bertz CT molecular complexity index is 338. The fraction of sp³-hybridized carbons (Fsp3) is 0.867. The molecule has 2 atom stereocenters. The number of carbonyl (C=O) groups excluding carboxylic acids is 1. The van der Waals surface area contributed by atoms with Gasteiger partial charge in [0.15, 0.2) is 0 Å². The van der Waals surface area contributed by atoms with E-state index in [-0.39, 0.29) is 17.7 Å². The number of nitrogens with zero attached hydrogens (tertiary/aromatic N) is 1. The molecule has 0 aromatic heterocycles. The number of carboxylic acids is 1. The zero-order valence-electron chi connectivity index (χ0n) is 11.8. The van der Waals surface area contributed by atoms with Gasteiger partial charge < -0.3 is 10.0 Å². The molecular formula is C15H25NO3. The lowest BCUT2D eigenvalue weighted by Gasteiger charge is -2.31. The first-order valence-electron chi connectivity index (χ1n) is 7.66. The molecule has 0 heterocycles. The van der Waals surface area contributed by atoms with Gasteiger partial charge in [0.2, 0.25) is 5.91 Å². The minimum absolute atomic E-state index is 0.0488. The molecule has 0 aliphatic heterocycles. The van der Waals surface area contributed by atoms with Gasteiger partial charge in [-0.3, -0.25) is 9.59 Å². The van der Waals surface area contributed by atoms with Crippen molar-refractivity contribution >= 4 is 11.9 Å². The molecule has 1 amide bonds. The van der Waals surface area contributed by atoms with E-state index in [4.69, 9.17) is 5.11 Å². The van der Waals surface area contributed by atoms with Crippen molar-refractivity contribution in [2.45, 2.75) is 64.3 Å². The van der Waals surface area contributed by atoms with Crippen LogP contribution >= 0.6 is 0 Å². The summed E-state index contributed by atoms with van der Waals surface area (Å²) in [6.07, 6.45) is 7.43. The molecule has 108 valence electrons. The van der Waals surface area contributed by atoms with Gasteiger partial charge in [-0.15, -0.1) is 0 Å². The minimum Gasteiger partial charge on any atom is -0.481 e. The zero-order valence-corrected chi connectivity index (χ0v) is 11.8. The SMILES string of the molecule is CCCCN(C(=O)C1CCCC(C(=O)O)C1)C1CC1. The smallest absolute Gasteiger partial charge is 0.306 e. The first-order chi connectivity index (χ1) is 9.13.